The minimum atomic E-state index is -0.612. The third-order valence-corrected chi connectivity index (χ3v) is 2.86. The van der Waals surface area contributed by atoms with Crippen molar-refractivity contribution in [3.63, 3.8) is 0 Å². The quantitative estimate of drug-likeness (QED) is 0.580. The van der Waals surface area contributed by atoms with E-state index >= 15 is 0 Å². The Labute approximate surface area is 81.9 Å². The van der Waals surface area contributed by atoms with Gasteiger partial charge in [0, 0.05) is 0 Å². The summed E-state index contributed by atoms with van der Waals surface area (Å²) in [5.74, 6) is -0.601. The molecule has 2 bridgehead atoms. The van der Waals surface area contributed by atoms with Gasteiger partial charge in [0.1, 0.15) is 24.4 Å². The van der Waals surface area contributed by atoms with Crippen LogP contribution in [0.25, 0.3) is 0 Å². The molecule has 0 saturated carbocycles. The van der Waals surface area contributed by atoms with Crippen molar-refractivity contribution in [1.82, 2.24) is 0 Å². The van der Waals surface area contributed by atoms with E-state index in [-0.39, 0.29) is 24.6 Å². The second kappa shape index (κ2) is 2.68. The van der Waals surface area contributed by atoms with E-state index in [1.54, 1.807) is 0 Å². The van der Waals surface area contributed by atoms with Gasteiger partial charge in [-0.1, -0.05) is 0 Å². The Balaban J connectivity index is 1.87. The number of ether oxygens (including phenoxy) is 4. The highest BCUT2D eigenvalue weighted by molar-refractivity contribution is 5.00. The average molecular weight is 202 g/mol. The largest absolute Gasteiger partial charge is 0.388 e. The van der Waals surface area contributed by atoms with Crippen molar-refractivity contribution in [1.29, 1.82) is 0 Å². The molecule has 3 rings (SSSR count). The lowest BCUT2D eigenvalue weighted by molar-refractivity contribution is -0.277. The molecule has 5 nitrogen and oxygen atoms in total. The van der Waals surface area contributed by atoms with E-state index in [4.69, 9.17) is 18.9 Å². The molecule has 5 atom stereocenters. The highest BCUT2D eigenvalue weighted by Crippen LogP contribution is 2.42. The van der Waals surface area contributed by atoms with Gasteiger partial charge in [-0.25, -0.2) is 0 Å². The molecular formula is C9H14O5. The van der Waals surface area contributed by atoms with Gasteiger partial charge in [0.15, 0.2) is 12.1 Å². The van der Waals surface area contributed by atoms with Crippen LogP contribution in [0.3, 0.4) is 0 Å². The molecule has 1 N–H and O–H groups in total. The predicted octanol–water partition coefficient (Wildman–Crippen LogP) is -0.378. The molecule has 5 heteroatoms. The summed E-state index contributed by atoms with van der Waals surface area (Å²) in [6.07, 6.45) is -1.70. The average Bonchev–Trinajstić information content (AvgIpc) is 2.53. The van der Waals surface area contributed by atoms with Crippen molar-refractivity contribution < 1.29 is 24.1 Å². The molecule has 0 unspecified atom stereocenters. The summed E-state index contributed by atoms with van der Waals surface area (Å²) in [6, 6.07) is 0. The maximum Gasteiger partial charge on any atom is 0.187 e. The molecule has 0 spiro atoms. The van der Waals surface area contributed by atoms with Crippen LogP contribution in [0, 0.1) is 0 Å². The van der Waals surface area contributed by atoms with Crippen molar-refractivity contribution in [3.05, 3.63) is 0 Å². The van der Waals surface area contributed by atoms with Gasteiger partial charge in [-0.2, -0.15) is 0 Å². The van der Waals surface area contributed by atoms with Gasteiger partial charge in [0.2, 0.25) is 0 Å². The molecule has 3 saturated heterocycles. The molecule has 0 amide bonds. The van der Waals surface area contributed by atoms with Crippen molar-refractivity contribution >= 4 is 0 Å². The number of aliphatic hydroxyl groups is 1. The standard InChI is InChI=1S/C9H14O5/c1-9(2)13-6-5-4(10)3-11-8(12-5)7(6)14-9/h4-8,10H,3H2,1-2H3/t4-,5-,6+,7+,8-/m1/s1. The molecule has 3 aliphatic heterocycles. The summed E-state index contributed by atoms with van der Waals surface area (Å²) in [5.41, 5.74) is 0. The van der Waals surface area contributed by atoms with Crippen LogP contribution < -0.4 is 0 Å². The normalized spacial score (nSPS) is 54.6. The fraction of sp³-hybridized carbons (Fsp3) is 1.00. The molecule has 3 aliphatic rings. The van der Waals surface area contributed by atoms with Gasteiger partial charge in [0.25, 0.3) is 0 Å². The van der Waals surface area contributed by atoms with Crippen molar-refractivity contribution in [2.75, 3.05) is 6.61 Å². The monoisotopic (exact) mass is 202 g/mol. The van der Waals surface area contributed by atoms with Crippen LogP contribution in [0.1, 0.15) is 13.8 Å². The van der Waals surface area contributed by atoms with Gasteiger partial charge in [-0.3, -0.25) is 0 Å². The lowest BCUT2D eigenvalue weighted by Gasteiger charge is -2.30. The summed E-state index contributed by atoms with van der Waals surface area (Å²) in [5, 5.41) is 9.63. The van der Waals surface area contributed by atoms with Crippen LogP contribution in [-0.4, -0.2) is 48.2 Å². The van der Waals surface area contributed by atoms with E-state index < -0.39 is 11.9 Å². The zero-order valence-corrected chi connectivity index (χ0v) is 8.17. The molecule has 14 heavy (non-hydrogen) atoms. The van der Waals surface area contributed by atoms with Crippen LogP contribution in [0.5, 0.6) is 0 Å². The van der Waals surface area contributed by atoms with Crippen LogP contribution in [-0.2, 0) is 18.9 Å². The lowest BCUT2D eigenvalue weighted by atomic mass is 10.1. The highest BCUT2D eigenvalue weighted by Gasteiger charge is 2.59. The fourth-order valence-electron chi connectivity index (χ4n) is 2.32. The first kappa shape index (κ1) is 9.06. The summed E-state index contributed by atoms with van der Waals surface area (Å²) in [6.45, 7) is 4.01. The Bertz CT molecular complexity index is 254. The summed E-state index contributed by atoms with van der Waals surface area (Å²) in [7, 11) is 0. The number of rotatable bonds is 0. The Morgan fingerprint density at radius 1 is 1.14 bits per heavy atom. The van der Waals surface area contributed by atoms with E-state index in [0.29, 0.717) is 6.61 Å². The van der Waals surface area contributed by atoms with E-state index in [1.165, 1.54) is 0 Å². The Kier molecular flexibility index (Phi) is 1.73. The topological polar surface area (TPSA) is 57.2 Å². The second-order valence-corrected chi connectivity index (χ2v) is 4.43. The van der Waals surface area contributed by atoms with E-state index in [2.05, 4.69) is 0 Å². The molecule has 0 aromatic heterocycles. The smallest absolute Gasteiger partial charge is 0.187 e. The van der Waals surface area contributed by atoms with Crippen LogP contribution >= 0.6 is 0 Å². The van der Waals surface area contributed by atoms with Crippen molar-refractivity contribution in [2.24, 2.45) is 0 Å². The Hall–Kier alpha value is -0.200. The van der Waals surface area contributed by atoms with Crippen molar-refractivity contribution in [3.8, 4) is 0 Å². The molecule has 3 fully saturated rings. The van der Waals surface area contributed by atoms with Gasteiger partial charge in [0.05, 0.1) is 6.61 Å². The third-order valence-electron chi connectivity index (χ3n) is 2.86. The van der Waals surface area contributed by atoms with Gasteiger partial charge in [-0.05, 0) is 13.8 Å². The minimum Gasteiger partial charge on any atom is -0.388 e. The molecule has 0 radical (unpaired) electrons. The Morgan fingerprint density at radius 3 is 2.64 bits per heavy atom. The zero-order chi connectivity index (χ0) is 9.92. The second-order valence-electron chi connectivity index (χ2n) is 4.43. The maximum atomic E-state index is 9.63. The first-order valence-electron chi connectivity index (χ1n) is 4.88. The summed E-state index contributed by atoms with van der Waals surface area (Å²) >= 11 is 0. The van der Waals surface area contributed by atoms with Gasteiger partial charge in [-0.15, -0.1) is 0 Å². The lowest BCUT2D eigenvalue weighted by Crippen LogP contribution is -2.43. The summed E-state index contributed by atoms with van der Waals surface area (Å²) in [4.78, 5) is 0. The Morgan fingerprint density at radius 2 is 1.86 bits per heavy atom. The number of fused-ring (bicyclic) bond motifs is 5. The highest BCUT2D eigenvalue weighted by atomic mass is 16.8. The number of hydrogen-bond donors (Lipinski definition) is 1. The molecular weight excluding hydrogens is 188 g/mol. The van der Waals surface area contributed by atoms with Crippen LogP contribution in [0.2, 0.25) is 0 Å². The molecule has 3 heterocycles. The van der Waals surface area contributed by atoms with Crippen molar-refractivity contribution in [2.45, 2.75) is 50.3 Å². The van der Waals surface area contributed by atoms with Gasteiger partial charge < -0.3 is 24.1 Å². The molecule has 80 valence electrons. The SMILES string of the molecule is CC1(C)O[C@@H]2[C@H](O1)[C@@H]1OC[C@@H](O)[C@H]2O1. The predicted molar refractivity (Wildman–Crippen MR) is 44.4 cm³/mol. The first-order chi connectivity index (χ1) is 6.57. The number of hydrogen-bond acceptors (Lipinski definition) is 5. The van der Waals surface area contributed by atoms with Gasteiger partial charge >= 0.3 is 0 Å². The van der Waals surface area contributed by atoms with Crippen LogP contribution in [0.4, 0.5) is 0 Å². The fourth-order valence-corrected chi connectivity index (χ4v) is 2.32. The zero-order valence-electron chi connectivity index (χ0n) is 8.17. The molecule has 0 aromatic carbocycles. The minimum absolute atomic E-state index is 0.201. The maximum absolute atomic E-state index is 9.63. The molecule has 0 aromatic rings. The number of aliphatic hydroxyl groups excluding tert-OH is 1. The van der Waals surface area contributed by atoms with E-state index in [9.17, 15) is 5.11 Å². The van der Waals surface area contributed by atoms with E-state index in [0.717, 1.165) is 0 Å². The molecule has 0 aliphatic carbocycles. The summed E-state index contributed by atoms with van der Waals surface area (Å²) < 4.78 is 22.1. The third kappa shape index (κ3) is 1.14. The van der Waals surface area contributed by atoms with Crippen LogP contribution in [0.15, 0.2) is 0 Å². The first-order valence-corrected chi connectivity index (χ1v) is 4.88. The van der Waals surface area contributed by atoms with E-state index in [1.807, 2.05) is 13.8 Å².